The van der Waals surface area contributed by atoms with Gasteiger partial charge in [-0.2, -0.15) is 0 Å². The van der Waals surface area contributed by atoms with Crippen molar-refractivity contribution in [3.8, 4) is 0 Å². The first-order valence-electron chi connectivity index (χ1n) is 7.27. The third-order valence-corrected chi connectivity index (χ3v) is 4.39. The summed E-state index contributed by atoms with van der Waals surface area (Å²) in [4.78, 5) is 2.38. The van der Waals surface area contributed by atoms with Crippen LogP contribution in [0.4, 0.5) is 4.39 Å². The van der Waals surface area contributed by atoms with Gasteiger partial charge in [0.2, 0.25) is 0 Å². The molecule has 0 bridgehead atoms. The molecule has 0 atom stereocenters. The number of nitrogens with zero attached hydrogens (tertiary/aromatic N) is 1. The van der Waals surface area contributed by atoms with Gasteiger partial charge in [0.25, 0.3) is 0 Å². The maximum absolute atomic E-state index is 12.9. The molecule has 0 radical (unpaired) electrons. The van der Waals surface area contributed by atoms with Gasteiger partial charge in [-0.15, -0.1) is 0 Å². The van der Waals surface area contributed by atoms with Gasteiger partial charge in [-0.1, -0.05) is 19.1 Å². The predicted octanol–water partition coefficient (Wildman–Crippen LogP) is 3.04. The van der Waals surface area contributed by atoms with Crippen molar-refractivity contribution in [3.63, 3.8) is 0 Å². The predicted molar refractivity (Wildman–Crippen MR) is 77.6 cm³/mol. The minimum atomic E-state index is -0.158. The number of rotatable bonds is 5. The molecule has 106 valence electrons. The van der Waals surface area contributed by atoms with Crippen LogP contribution in [0.25, 0.3) is 0 Å². The molecule has 1 saturated heterocycles. The number of halogens is 1. The molecule has 1 aromatic carbocycles. The lowest BCUT2D eigenvalue weighted by molar-refractivity contribution is 0.119. The number of piperidine rings is 1. The van der Waals surface area contributed by atoms with Crippen LogP contribution in [0.5, 0.6) is 0 Å². The molecule has 0 aromatic heterocycles. The summed E-state index contributed by atoms with van der Waals surface area (Å²) < 4.78 is 12.9. The Morgan fingerprint density at radius 1 is 1.21 bits per heavy atom. The summed E-state index contributed by atoms with van der Waals surface area (Å²) in [5.74, 6) is -0.158. The molecule has 1 aliphatic heterocycles. The van der Waals surface area contributed by atoms with Crippen LogP contribution in [0.2, 0.25) is 0 Å². The van der Waals surface area contributed by atoms with Gasteiger partial charge < -0.3 is 10.2 Å². The maximum Gasteiger partial charge on any atom is 0.123 e. The summed E-state index contributed by atoms with van der Waals surface area (Å²) in [6.45, 7) is 6.60. The third kappa shape index (κ3) is 4.02. The first kappa shape index (κ1) is 14.5. The second-order valence-electron chi connectivity index (χ2n) is 5.90. The molecule has 2 nitrogen and oxygen atoms in total. The van der Waals surface area contributed by atoms with Gasteiger partial charge in [0.1, 0.15) is 5.82 Å². The summed E-state index contributed by atoms with van der Waals surface area (Å²) in [5, 5.41) is 3.44. The normalized spacial score (nSPS) is 18.7. The zero-order chi connectivity index (χ0) is 13.7. The lowest BCUT2D eigenvalue weighted by Crippen LogP contribution is -2.43. The van der Waals surface area contributed by atoms with Crippen LogP contribution in [0.1, 0.15) is 31.7 Å². The SMILES string of the molecule is CCC1(CN(C)Cc2ccc(F)cc2)CCNCC1. The highest BCUT2D eigenvalue weighted by atomic mass is 19.1. The van der Waals surface area contributed by atoms with Crippen molar-refractivity contribution in [2.24, 2.45) is 5.41 Å². The Morgan fingerprint density at radius 3 is 2.42 bits per heavy atom. The molecule has 1 aliphatic rings. The molecule has 1 N–H and O–H groups in total. The van der Waals surface area contributed by atoms with Crippen molar-refractivity contribution in [1.29, 1.82) is 0 Å². The van der Waals surface area contributed by atoms with E-state index in [1.165, 1.54) is 24.8 Å². The van der Waals surface area contributed by atoms with Gasteiger partial charge >= 0.3 is 0 Å². The van der Waals surface area contributed by atoms with Crippen LogP contribution in [-0.2, 0) is 6.54 Å². The van der Waals surface area contributed by atoms with Crippen molar-refractivity contribution < 1.29 is 4.39 Å². The Bertz CT molecular complexity index is 382. The third-order valence-electron chi connectivity index (χ3n) is 4.39. The van der Waals surface area contributed by atoms with E-state index < -0.39 is 0 Å². The first-order valence-corrected chi connectivity index (χ1v) is 7.27. The number of nitrogens with one attached hydrogen (secondary N) is 1. The minimum absolute atomic E-state index is 0.158. The second kappa shape index (κ2) is 6.49. The summed E-state index contributed by atoms with van der Waals surface area (Å²) in [6, 6.07) is 6.85. The van der Waals surface area contributed by atoms with Crippen molar-refractivity contribution in [3.05, 3.63) is 35.6 Å². The Kier molecular flexibility index (Phi) is 4.94. The second-order valence-corrected chi connectivity index (χ2v) is 5.90. The van der Waals surface area contributed by atoms with Gasteiger partial charge in [0.15, 0.2) is 0 Å². The van der Waals surface area contributed by atoms with E-state index in [0.29, 0.717) is 5.41 Å². The highest BCUT2D eigenvalue weighted by Crippen LogP contribution is 2.33. The highest BCUT2D eigenvalue weighted by Gasteiger charge is 2.31. The van der Waals surface area contributed by atoms with Gasteiger partial charge in [-0.05, 0) is 62.5 Å². The fourth-order valence-electron chi connectivity index (χ4n) is 3.11. The van der Waals surface area contributed by atoms with Crippen molar-refractivity contribution in [1.82, 2.24) is 10.2 Å². The largest absolute Gasteiger partial charge is 0.317 e. The molecule has 2 rings (SSSR count). The summed E-state index contributed by atoms with van der Waals surface area (Å²) in [5.41, 5.74) is 1.64. The summed E-state index contributed by atoms with van der Waals surface area (Å²) in [6.07, 6.45) is 3.76. The smallest absolute Gasteiger partial charge is 0.123 e. The van der Waals surface area contributed by atoms with Crippen molar-refractivity contribution >= 4 is 0 Å². The van der Waals surface area contributed by atoms with Gasteiger partial charge in [0.05, 0.1) is 0 Å². The van der Waals surface area contributed by atoms with Gasteiger partial charge in [-0.25, -0.2) is 4.39 Å². The number of hydrogen-bond acceptors (Lipinski definition) is 2. The average Bonchev–Trinajstić information content (AvgIpc) is 2.42. The Morgan fingerprint density at radius 2 is 1.84 bits per heavy atom. The topological polar surface area (TPSA) is 15.3 Å². The van der Waals surface area contributed by atoms with Crippen LogP contribution in [-0.4, -0.2) is 31.6 Å². The molecular formula is C16H25FN2. The van der Waals surface area contributed by atoms with E-state index in [4.69, 9.17) is 0 Å². The maximum atomic E-state index is 12.9. The van der Waals surface area contributed by atoms with E-state index in [0.717, 1.165) is 26.2 Å². The molecule has 0 saturated carbocycles. The molecule has 0 unspecified atom stereocenters. The quantitative estimate of drug-likeness (QED) is 0.879. The number of benzene rings is 1. The molecule has 1 heterocycles. The van der Waals surface area contributed by atoms with E-state index >= 15 is 0 Å². The van der Waals surface area contributed by atoms with Gasteiger partial charge in [0, 0.05) is 13.1 Å². The molecule has 0 aliphatic carbocycles. The Balaban J connectivity index is 1.92. The lowest BCUT2D eigenvalue weighted by Gasteiger charge is -2.40. The first-order chi connectivity index (χ1) is 9.13. The van der Waals surface area contributed by atoms with Crippen LogP contribution in [0.3, 0.4) is 0 Å². The standard InChI is InChI=1S/C16H25FN2/c1-3-16(8-10-18-11-9-16)13-19(2)12-14-4-6-15(17)7-5-14/h4-7,18H,3,8-13H2,1-2H3. The molecule has 1 aromatic rings. The van der Waals surface area contributed by atoms with Gasteiger partial charge in [-0.3, -0.25) is 0 Å². The monoisotopic (exact) mass is 264 g/mol. The molecule has 0 spiro atoms. The van der Waals surface area contributed by atoms with Crippen LogP contribution >= 0.6 is 0 Å². The minimum Gasteiger partial charge on any atom is -0.317 e. The summed E-state index contributed by atoms with van der Waals surface area (Å²) >= 11 is 0. The highest BCUT2D eigenvalue weighted by molar-refractivity contribution is 5.15. The Hall–Kier alpha value is -0.930. The van der Waals surface area contributed by atoms with E-state index in [1.54, 1.807) is 12.1 Å². The molecular weight excluding hydrogens is 239 g/mol. The van der Waals surface area contributed by atoms with Crippen LogP contribution in [0.15, 0.2) is 24.3 Å². The van der Waals surface area contributed by atoms with Crippen molar-refractivity contribution in [2.75, 3.05) is 26.7 Å². The van der Waals surface area contributed by atoms with E-state index in [-0.39, 0.29) is 5.82 Å². The molecule has 19 heavy (non-hydrogen) atoms. The zero-order valence-corrected chi connectivity index (χ0v) is 12.1. The summed E-state index contributed by atoms with van der Waals surface area (Å²) in [7, 11) is 2.17. The van der Waals surface area contributed by atoms with E-state index in [2.05, 4.69) is 24.2 Å². The average molecular weight is 264 g/mol. The Labute approximate surface area is 116 Å². The zero-order valence-electron chi connectivity index (χ0n) is 12.1. The van der Waals surface area contributed by atoms with Crippen LogP contribution < -0.4 is 5.32 Å². The molecule has 1 fully saturated rings. The molecule has 3 heteroatoms. The van der Waals surface area contributed by atoms with E-state index in [1.807, 2.05) is 12.1 Å². The molecule has 0 amide bonds. The number of hydrogen-bond donors (Lipinski definition) is 1. The van der Waals surface area contributed by atoms with Crippen LogP contribution in [0, 0.1) is 11.2 Å². The fraction of sp³-hybridized carbons (Fsp3) is 0.625. The van der Waals surface area contributed by atoms with Crippen molar-refractivity contribution in [2.45, 2.75) is 32.7 Å². The van der Waals surface area contributed by atoms with E-state index in [9.17, 15) is 4.39 Å². The lowest BCUT2D eigenvalue weighted by atomic mass is 9.76. The fourth-order valence-corrected chi connectivity index (χ4v) is 3.11.